The fourth-order valence-electron chi connectivity index (χ4n) is 3.69. The van der Waals surface area contributed by atoms with Crippen LogP contribution < -0.4 is 5.32 Å². The fourth-order valence-corrected chi connectivity index (χ4v) is 3.69. The minimum Gasteiger partial charge on any atom is -0.353 e. The van der Waals surface area contributed by atoms with Gasteiger partial charge in [0.25, 0.3) is 0 Å². The lowest BCUT2D eigenvalue weighted by Gasteiger charge is -2.16. The minimum atomic E-state index is 0.173. The molecule has 1 aliphatic carbocycles. The van der Waals surface area contributed by atoms with Crippen LogP contribution in [0.3, 0.4) is 0 Å². The van der Waals surface area contributed by atoms with Crippen molar-refractivity contribution in [2.75, 3.05) is 0 Å². The van der Waals surface area contributed by atoms with Crippen molar-refractivity contribution in [2.24, 2.45) is 7.05 Å². The molecule has 0 radical (unpaired) electrons. The molecule has 1 aromatic carbocycles. The minimum absolute atomic E-state index is 0.173. The van der Waals surface area contributed by atoms with Crippen molar-refractivity contribution in [3.05, 3.63) is 35.5 Å². The molecule has 1 amide bonds. The number of hydrogen-bond acceptors (Lipinski definition) is 1. The van der Waals surface area contributed by atoms with Gasteiger partial charge in [-0.05, 0) is 31.4 Å². The van der Waals surface area contributed by atoms with Crippen LogP contribution in [0.5, 0.6) is 0 Å². The molecule has 0 unspecified atom stereocenters. The van der Waals surface area contributed by atoms with E-state index in [2.05, 4.69) is 48.1 Å². The van der Waals surface area contributed by atoms with E-state index in [9.17, 15) is 4.79 Å². The quantitative estimate of drug-likeness (QED) is 0.858. The van der Waals surface area contributed by atoms with Crippen LogP contribution in [0, 0.1) is 6.92 Å². The molecule has 0 saturated heterocycles. The summed E-state index contributed by atoms with van der Waals surface area (Å²) in [5.74, 6) is 0.173. The number of aryl methyl sites for hydroxylation is 1. The summed E-state index contributed by atoms with van der Waals surface area (Å²) in [7, 11) is 2.07. The van der Waals surface area contributed by atoms with Crippen molar-refractivity contribution in [1.82, 2.24) is 9.88 Å². The van der Waals surface area contributed by atoms with Crippen LogP contribution in [-0.2, 0) is 18.3 Å². The first-order valence-corrected chi connectivity index (χ1v) is 8.49. The van der Waals surface area contributed by atoms with Gasteiger partial charge in [0.15, 0.2) is 0 Å². The van der Waals surface area contributed by atoms with Crippen molar-refractivity contribution in [3.63, 3.8) is 0 Å². The topological polar surface area (TPSA) is 34.0 Å². The van der Waals surface area contributed by atoms with Crippen LogP contribution >= 0.6 is 0 Å². The van der Waals surface area contributed by atoms with Gasteiger partial charge >= 0.3 is 0 Å². The van der Waals surface area contributed by atoms with Gasteiger partial charge in [-0.15, -0.1) is 0 Å². The number of carbonyl (C=O) groups excluding carboxylic acids is 1. The summed E-state index contributed by atoms with van der Waals surface area (Å²) in [5.41, 5.74) is 3.57. The van der Waals surface area contributed by atoms with E-state index in [-0.39, 0.29) is 5.91 Å². The van der Waals surface area contributed by atoms with E-state index < -0.39 is 0 Å². The Labute approximate surface area is 132 Å². The van der Waals surface area contributed by atoms with Crippen LogP contribution in [0.4, 0.5) is 0 Å². The first-order chi connectivity index (χ1) is 10.7. The zero-order valence-corrected chi connectivity index (χ0v) is 13.7. The SMILES string of the molecule is Cc1c(CC(=O)NC2CCCCCC2)c2ccccc2n1C. The summed E-state index contributed by atoms with van der Waals surface area (Å²) >= 11 is 0. The molecule has 1 saturated carbocycles. The molecule has 0 bridgehead atoms. The highest BCUT2D eigenvalue weighted by Crippen LogP contribution is 2.25. The van der Waals surface area contributed by atoms with Crippen molar-refractivity contribution in [2.45, 2.75) is 57.9 Å². The number of fused-ring (bicyclic) bond motifs is 1. The number of aromatic nitrogens is 1. The van der Waals surface area contributed by atoms with E-state index in [1.54, 1.807) is 0 Å². The van der Waals surface area contributed by atoms with Crippen LogP contribution in [0.1, 0.15) is 49.8 Å². The highest BCUT2D eigenvalue weighted by atomic mass is 16.1. The number of nitrogens with one attached hydrogen (secondary N) is 1. The highest BCUT2D eigenvalue weighted by Gasteiger charge is 2.18. The van der Waals surface area contributed by atoms with Crippen LogP contribution in [-0.4, -0.2) is 16.5 Å². The van der Waals surface area contributed by atoms with E-state index in [1.165, 1.54) is 47.8 Å². The summed E-state index contributed by atoms with van der Waals surface area (Å²) in [5, 5.41) is 4.47. The molecule has 2 aromatic rings. The molecule has 0 aliphatic heterocycles. The first kappa shape index (κ1) is 15.1. The number of amides is 1. The number of carbonyl (C=O) groups is 1. The first-order valence-electron chi connectivity index (χ1n) is 8.49. The molecule has 1 heterocycles. The van der Waals surface area contributed by atoms with Crippen molar-refractivity contribution in [1.29, 1.82) is 0 Å². The predicted molar refractivity (Wildman–Crippen MR) is 91.0 cm³/mol. The lowest BCUT2D eigenvalue weighted by molar-refractivity contribution is -0.121. The van der Waals surface area contributed by atoms with Crippen LogP contribution in [0.15, 0.2) is 24.3 Å². The van der Waals surface area contributed by atoms with Gasteiger partial charge in [0.2, 0.25) is 5.91 Å². The number of rotatable bonds is 3. The molecule has 3 heteroatoms. The largest absolute Gasteiger partial charge is 0.353 e. The molecular weight excluding hydrogens is 272 g/mol. The molecule has 0 spiro atoms. The van der Waals surface area contributed by atoms with E-state index in [0.29, 0.717) is 12.5 Å². The molecule has 22 heavy (non-hydrogen) atoms. The summed E-state index contributed by atoms with van der Waals surface area (Å²) < 4.78 is 2.18. The molecule has 0 atom stereocenters. The average Bonchev–Trinajstić information content (AvgIpc) is 2.72. The smallest absolute Gasteiger partial charge is 0.224 e. The van der Waals surface area contributed by atoms with E-state index in [0.717, 1.165) is 12.8 Å². The number of para-hydroxylation sites is 1. The summed E-state index contributed by atoms with van der Waals surface area (Å²) in [4.78, 5) is 12.5. The Morgan fingerprint density at radius 3 is 2.59 bits per heavy atom. The zero-order chi connectivity index (χ0) is 15.5. The van der Waals surface area contributed by atoms with Gasteiger partial charge in [0, 0.05) is 29.7 Å². The lowest BCUT2D eigenvalue weighted by Crippen LogP contribution is -2.35. The second-order valence-corrected chi connectivity index (χ2v) is 6.57. The molecule has 3 nitrogen and oxygen atoms in total. The summed E-state index contributed by atoms with van der Waals surface area (Å²) in [6, 6.07) is 8.72. The van der Waals surface area contributed by atoms with Gasteiger partial charge < -0.3 is 9.88 Å². The fraction of sp³-hybridized carbons (Fsp3) is 0.526. The van der Waals surface area contributed by atoms with Crippen molar-refractivity contribution in [3.8, 4) is 0 Å². The van der Waals surface area contributed by atoms with Crippen molar-refractivity contribution >= 4 is 16.8 Å². The van der Waals surface area contributed by atoms with Gasteiger partial charge in [0.1, 0.15) is 0 Å². The maximum atomic E-state index is 12.5. The standard InChI is InChI=1S/C19H26N2O/c1-14-17(16-11-7-8-12-18(16)21(14)2)13-19(22)20-15-9-5-3-4-6-10-15/h7-8,11-12,15H,3-6,9-10,13H2,1-2H3,(H,20,22). The van der Waals surface area contributed by atoms with E-state index in [1.807, 2.05) is 0 Å². The van der Waals surface area contributed by atoms with Gasteiger partial charge in [-0.2, -0.15) is 0 Å². The van der Waals surface area contributed by atoms with Crippen molar-refractivity contribution < 1.29 is 4.79 Å². The molecule has 118 valence electrons. The van der Waals surface area contributed by atoms with Crippen LogP contribution in [0.25, 0.3) is 10.9 Å². The zero-order valence-electron chi connectivity index (χ0n) is 13.7. The Hall–Kier alpha value is -1.77. The Morgan fingerprint density at radius 1 is 1.18 bits per heavy atom. The summed E-state index contributed by atoms with van der Waals surface area (Å²) in [6.45, 7) is 2.11. The Kier molecular flexibility index (Phi) is 4.51. The number of benzene rings is 1. The molecule has 1 N–H and O–H groups in total. The third-order valence-electron chi connectivity index (χ3n) is 5.09. The molecule has 1 aliphatic rings. The lowest BCUT2D eigenvalue weighted by atomic mass is 10.1. The van der Waals surface area contributed by atoms with Gasteiger partial charge in [-0.1, -0.05) is 43.9 Å². The van der Waals surface area contributed by atoms with Gasteiger partial charge in [0.05, 0.1) is 6.42 Å². The Bertz CT molecular complexity index is 663. The van der Waals surface area contributed by atoms with Gasteiger partial charge in [-0.25, -0.2) is 0 Å². The highest BCUT2D eigenvalue weighted by molar-refractivity contribution is 5.90. The number of hydrogen-bond donors (Lipinski definition) is 1. The predicted octanol–water partition coefficient (Wildman–Crippen LogP) is 3.87. The monoisotopic (exact) mass is 298 g/mol. The molecule has 3 rings (SSSR count). The maximum absolute atomic E-state index is 12.5. The maximum Gasteiger partial charge on any atom is 0.224 e. The van der Waals surface area contributed by atoms with Crippen LogP contribution in [0.2, 0.25) is 0 Å². The molecular formula is C19H26N2O. The average molecular weight is 298 g/mol. The Morgan fingerprint density at radius 2 is 1.86 bits per heavy atom. The second-order valence-electron chi connectivity index (χ2n) is 6.57. The number of nitrogens with zero attached hydrogens (tertiary/aromatic N) is 1. The van der Waals surface area contributed by atoms with Gasteiger partial charge in [-0.3, -0.25) is 4.79 Å². The second kappa shape index (κ2) is 6.55. The Balaban J connectivity index is 1.75. The molecule has 1 aromatic heterocycles. The third-order valence-corrected chi connectivity index (χ3v) is 5.09. The third kappa shape index (κ3) is 3.03. The van der Waals surface area contributed by atoms with E-state index in [4.69, 9.17) is 0 Å². The summed E-state index contributed by atoms with van der Waals surface area (Å²) in [6.07, 6.45) is 7.89. The normalized spacial score (nSPS) is 16.6. The van der Waals surface area contributed by atoms with E-state index >= 15 is 0 Å². The molecule has 1 fully saturated rings.